The lowest BCUT2D eigenvalue weighted by atomic mass is 10.1. The molecule has 3 rings (SSSR count). The normalized spacial score (nSPS) is 18.2. The minimum Gasteiger partial charge on any atom is -0.444 e. The lowest BCUT2D eigenvalue weighted by Gasteiger charge is -2.24. The Morgan fingerprint density at radius 1 is 1.11 bits per heavy atom. The summed E-state index contributed by atoms with van der Waals surface area (Å²) in [7, 11) is -3.45. The van der Waals surface area contributed by atoms with Crippen LogP contribution < -0.4 is 10.0 Å². The number of hydrogen-bond acceptors (Lipinski definition) is 6. The molecule has 3 N–H and O–H groups in total. The van der Waals surface area contributed by atoms with Gasteiger partial charge in [0.05, 0.1) is 0 Å². The van der Waals surface area contributed by atoms with Crippen LogP contribution in [0.1, 0.15) is 31.3 Å². The number of nitrogens with one attached hydrogen (secondary N) is 2. The van der Waals surface area contributed by atoms with Crippen molar-refractivity contribution in [2.75, 3.05) is 25.0 Å². The van der Waals surface area contributed by atoms with Gasteiger partial charge in [0.15, 0.2) is 23.3 Å². The molecule has 37 heavy (non-hydrogen) atoms. The van der Waals surface area contributed by atoms with E-state index in [-0.39, 0.29) is 13.1 Å². The van der Waals surface area contributed by atoms with Crippen molar-refractivity contribution in [3.63, 3.8) is 0 Å². The van der Waals surface area contributed by atoms with Gasteiger partial charge in [-0.15, -0.1) is 0 Å². The minimum absolute atomic E-state index is 0.0195. The Labute approximate surface area is 210 Å². The van der Waals surface area contributed by atoms with Crippen molar-refractivity contribution >= 4 is 27.7 Å². The monoisotopic (exact) mass is 550 g/mol. The second-order valence-corrected chi connectivity index (χ2v) is 11.2. The van der Waals surface area contributed by atoms with Crippen molar-refractivity contribution in [2.45, 2.75) is 37.3 Å². The van der Waals surface area contributed by atoms with Gasteiger partial charge in [0.25, 0.3) is 5.91 Å². The zero-order valence-corrected chi connectivity index (χ0v) is 21.1. The van der Waals surface area contributed by atoms with E-state index in [2.05, 4.69) is 4.72 Å². The van der Waals surface area contributed by atoms with Crippen LogP contribution in [0.4, 0.5) is 28.0 Å². The molecule has 2 atom stereocenters. The molecule has 1 aromatic heterocycles. The van der Waals surface area contributed by atoms with Gasteiger partial charge in [0.1, 0.15) is 16.2 Å². The van der Waals surface area contributed by atoms with E-state index in [0.29, 0.717) is 12.1 Å². The van der Waals surface area contributed by atoms with Crippen molar-refractivity contribution in [3.8, 4) is 0 Å². The summed E-state index contributed by atoms with van der Waals surface area (Å²) in [6, 6.07) is -0.0475. The molecule has 15 heteroatoms. The first-order chi connectivity index (χ1) is 17.0. The summed E-state index contributed by atoms with van der Waals surface area (Å²) in [5, 5.41) is 11.7. The number of aliphatic hydroxyl groups is 1. The van der Waals surface area contributed by atoms with Crippen molar-refractivity contribution in [3.05, 3.63) is 47.3 Å². The Kier molecular flexibility index (Phi) is 7.91. The molecule has 10 nitrogen and oxygen atoms in total. The number of aryl methyl sites for hydroxylation is 1. The van der Waals surface area contributed by atoms with Gasteiger partial charge >= 0.3 is 6.09 Å². The maximum Gasteiger partial charge on any atom is 0.410 e. The predicted molar refractivity (Wildman–Crippen MR) is 122 cm³/mol. The molecular weight excluding hydrogens is 524 g/mol. The van der Waals surface area contributed by atoms with E-state index in [1.807, 2.05) is 5.32 Å². The van der Waals surface area contributed by atoms with Crippen LogP contribution in [0, 0.1) is 29.2 Å². The molecule has 1 aromatic carbocycles. The summed E-state index contributed by atoms with van der Waals surface area (Å²) in [4.78, 5) is 25.2. The van der Waals surface area contributed by atoms with Crippen LogP contribution in [-0.2, 0) is 21.8 Å². The molecule has 0 spiro atoms. The second-order valence-electron chi connectivity index (χ2n) is 9.53. The van der Waals surface area contributed by atoms with E-state index in [4.69, 9.17) is 4.74 Å². The molecular formula is C22H26F4N4O6S. The van der Waals surface area contributed by atoms with Gasteiger partial charge < -0.3 is 24.6 Å². The fraction of sp³-hybridized carbons (Fsp3) is 0.455. The fourth-order valence-electron chi connectivity index (χ4n) is 3.76. The topological polar surface area (TPSA) is 130 Å². The quantitative estimate of drug-likeness (QED) is 0.374. The molecule has 0 aliphatic carbocycles. The molecule has 1 aliphatic heterocycles. The van der Waals surface area contributed by atoms with E-state index < -0.39 is 85.7 Å². The number of halogens is 4. The van der Waals surface area contributed by atoms with E-state index in [9.17, 15) is 36.3 Å². The van der Waals surface area contributed by atoms with Crippen molar-refractivity contribution < 1.29 is 45.4 Å². The number of ether oxygens (including phenoxy) is 1. The number of aromatic nitrogens is 1. The van der Waals surface area contributed by atoms with Crippen LogP contribution in [0.15, 0.2) is 23.2 Å². The highest BCUT2D eigenvalue weighted by molar-refractivity contribution is 7.89. The summed E-state index contributed by atoms with van der Waals surface area (Å²) in [5.74, 6) is -8.38. The van der Waals surface area contributed by atoms with Crippen LogP contribution in [0.25, 0.3) is 0 Å². The van der Waals surface area contributed by atoms with Crippen molar-refractivity contribution in [1.82, 2.24) is 14.2 Å². The molecule has 1 saturated heterocycles. The number of sulfonamides is 1. The molecule has 2 amide bonds. The van der Waals surface area contributed by atoms with Gasteiger partial charge in [-0.25, -0.2) is 35.5 Å². The van der Waals surface area contributed by atoms with Gasteiger partial charge in [0, 0.05) is 62.7 Å². The number of amides is 2. The number of anilines is 1. The highest BCUT2D eigenvalue weighted by Gasteiger charge is 2.40. The summed E-state index contributed by atoms with van der Waals surface area (Å²) in [5.41, 5.74) is -2.12. The third-order valence-corrected chi connectivity index (χ3v) is 6.94. The number of nitrogens with zero attached hydrogens (tertiary/aromatic N) is 2. The average molecular weight is 551 g/mol. The van der Waals surface area contributed by atoms with E-state index in [1.54, 1.807) is 20.8 Å². The van der Waals surface area contributed by atoms with E-state index in [1.165, 1.54) is 11.9 Å². The van der Waals surface area contributed by atoms with Crippen molar-refractivity contribution in [2.24, 2.45) is 13.0 Å². The molecule has 0 saturated carbocycles. The molecule has 1 fully saturated rings. The lowest BCUT2D eigenvalue weighted by molar-refractivity contribution is 0.0282. The predicted octanol–water partition coefficient (Wildman–Crippen LogP) is 2.34. The van der Waals surface area contributed by atoms with Crippen LogP contribution in [0.2, 0.25) is 0 Å². The minimum atomic E-state index is -4.61. The van der Waals surface area contributed by atoms with Gasteiger partial charge in [-0.1, -0.05) is 0 Å². The summed E-state index contributed by atoms with van der Waals surface area (Å²) in [6.45, 7) is 4.29. The number of rotatable bonds is 6. The number of aliphatic hydroxyl groups excluding tert-OH is 1. The Hall–Kier alpha value is -3.17. The zero-order valence-electron chi connectivity index (χ0n) is 20.3. The number of carbonyl (C=O) groups is 2. The summed E-state index contributed by atoms with van der Waals surface area (Å²) < 4.78 is 89.6. The first-order valence-electron chi connectivity index (χ1n) is 11.0. The molecule has 0 bridgehead atoms. The first-order valence-corrected chi connectivity index (χ1v) is 12.4. The number of benzene rings is 1. The number of hydrogen-bond donors (Lipinski definition) is 3. The molecule has 2 aromatic rings. The summed E-state index contributed by atoms with van der Waals surface area (Å²) >= 11 is 0. The van der Waals surface area contributed by atoms with Gasteiger partial charge in [0.2, 0.25) is 10.0 Å². The second kappa shape index (κ2) is 10.3. The first kappa shape index (κ1) is 28.4. The Balaban J connectivity index is 1.81. The maximum absolute atomic E-state index is 15.2. The average Bonchev–Trinajstić information content (AvgIpc) is 3.30. The highest BCUT2D eigenvalue weighted by atomic mass is 32.2. The molecule has 2 unspecified atom stereocenters. The lowest BCUT2D eigenvalue weighted by Crippen LogP contribution is -2.42. The van der Waals surface area contributed by atoms with Gasteiger partial charge in [-0.3, -0.25) is 4.79 Å². The fourth-order valence-corrected chi connectivity index (χ4v) is 5.18. The Bertz CT molecular complexity index is 1300. The summed E-state index contributed by atoms with van der Waals surface area (Å²) in [6.07, 6.45) is 0.0959. The third kappa shape index (κ3) is 6.22. The van der Waals surface area contributed by atoms with Gasteiger partial charge in [-0.2, -0.15) is 0 Å². The number of carbonyl (C=O) groups excluding carboxylic acids is 2. The highest BCUT2D eigenvalue weighted by Crippen LogP contribution is 2.26. The Morgan fingerprint density at radius 3 is 2.24 bits per heavy atom. The van der Waals surface area contributed by atoms with Crippen LogP contribution in [0.3, 0.4) is 0 Å². The van der Waals surface area contributed by atoms with Crippen LogP contribution in [-0.4, -0.2) is 66.3 Å². The molecule has 0 radical (unpaired) electrons. The largest absolute Gasteiger partial charge is 0.444 e. The van der Waals surface area contributed by atoms with Crippen LogP contribution in [0.5, 0.6) is 0 Å². The SMILES string of the molecule is Cn1cc(S(=O)(=O)NC2CN(C(=O)OC(C)(C)C)CC2CO)c(F)c1C(=O)Nc1cc(F)c(F)c(F)c1. The van der Waals surface area contributed by atoms with E-state index >= 15 is 4.39 Å². The number of likely N-dealkylation sites (tertiary alicyclic amines) is 1. The maximum atomic E-state index is 15.2. The molecule has 2 heterocycles. The Morgan fingerprint density at radius 2 is 1.70 bits per heavy atom. The smallest absolute Gasteiger partial charge is 0.410 e. The standard InChI is InChI=1S/C22H26F4N4O6S/c1-22(2,3)36-21(33)30-7-11(10-31)15(8-30)28-37(34,35)16-9-29(4)19(18(16)26)20(32)27-12-5-13(23)17(25)14(24)6-12/h5-6,9,11,15,28,31H,7-8,10H2,1-4H3,(H,27,32). The third-order valence-electron chi connectivity index (χ3n) is 5.47. The molecule has 204 valence electrons. The molecule has 1 aliphatic rings. The van der Waals surface area contributed by atoms with Gasteiger partial charge in [-0.05, 0) is 20.8 Å². The van der Waals surface area contributed by atoms with E-state index in [0.717, 1.165) is 10.8 Å². The van der Waals surface area contributed by atoms with Crippen molar-refractivity contribution in [1.29, 1.82) is 0 Å². The zero-order chi connectivity index (χ0) is 27.9. The van der Waals surface area contributed by atoms with Crippen LogP contribution >= 0.6 is 0 Å².